The Morgan fingerprint density at radius 3 is 2.52 bits per heavy atom. The molecule has 10 heteroatoms. The number of nitrogens with one attached hydrogen (secondary N) is 2. The summed E-state index contributed by atoms with van der Waals surface area (Å²) in [7, 11) is -3.78. The Hall–Kier alpha value is -2.46. The summed E-state index contributed by atoms with van der Waals surface area (Å²) < 4.78 is 26.7. The molecular weight excluding hydrogens is 340 g/mol. The monoisotopic (exact) mass is 354 g/mol. The number of aromatic nitrogens is 1. The van der Waals surface area contributed by atoms with Gasteiger partial charge in [-0.3, -0.25) is 14.3 Å². The lowest BCUT2D eigenvalue weighted by molar-refractivity contribution is -0.117. The summed E-state index contributed by atoms with van der Waals surface area (Å²) in [5.41, 5.74) is 5.85. The lowest BCUT2D eigenvalue weighted by Crippen LogP contribution is -2.33. The van der Waals surface area contributed by atoms with E-state index in [-0.39, 0.29) is 22.3 Å². The number of hydrogen-bond acceptors (Lipinski definition) is 6. The number of nitrogens with two attached hydrogens (primary N) is 1. The Labute approximate surface area is 136 Å². The van der Waals surface area contributed by atoms with E-state index in [0.29, 0.717) is 0 Å². The summed E-state index contributed by atoms with van der Waals surface area (Å²) >= 11 is 0.958. The zero-order valence-corrected chi connectivity index (χ0v) is 13.7. The number of nitrogens with zero attached hydrogens (tertiary/aromatic N) is 1. The Balaban J connectivity index is 2.10. The highest BCUT2D eigenvalue weighted by atomic mass is 32.2. The van der Waals surface area contributed by atoms with E-state index in [4.69, 9.17) is 5.73 Å². The summed E-state index contributed by atoms with van der Waals surface area (Å²) in [6, 6.07) is 6.32. The predicted molar refractivity (Wildman–Crippen MR) is 85.6 cm³/mol. The molecule has 2 amide bonds. The molecule has 0 aliphatic carbocycles. The van der Waals surface area contributed by atoms with Crippen LogP contribution in [-0.2, 0) is 14.8 Å². The zero-order chi connectivity index (χ0) is 17.0. The van der Waals surface area contributed by atoms with Crippen molar-refractivity contribution in [3.8, 4) is 0 Å². The molecule has 1 aromatic carbocycles. The van der Waals surface area contributed by atoms with E-state index < -0.39 is 21.8 Å². The topological polar surface area (TPSA) is 131 Å². The van der Waals surface area contributed by atoms with Crippen molar-refractivity contribution in [1.29, 1.82) is 0 Å². The number of aryl methyl sites for hydroxylation is 1. The van der Waals surface area contributed by atoms with Gasteiger partial charge in [0, 0.05) is 5.38 Å². The second kappa shape index (κ2) is 6.75. The van der Waals surface area contributed by atoms with Gasteiger partial charge < -0.3 is 11.1 Å². The first kappa shape index (κ1) is 16.9. The van der Waals surface area contributed by atoms with Crippen molar-refractivity contribution in [3.63, 3.8) is 0 Å². The number of rotatable bonds is 6. The van der Waals surface area contributed by atoms with Crippen LogP contribution in [0.3, 0.4) is 0 Å². The minimum atomic E-state index is -3.78. The van der Waals surface area contributed by atoms with Gasteiger partial charge in [0.1, 0.15) is 5.69 Å². The molecule has 0 fully saturated rings. The van der Waals surface area contributed by atoms with Gasteiger partial charge in [-0.2, -0.15) is 0 Å². The molecule has 0 aliphatic heterocycles. The Kier molecular flexibility index (Phi) is 4.96. The van der Waals surface area contributed by atoms with E-state index in [2.05, 4.69) is 15.0 Å². The van der Waals surface area contributed by atoms with Crippen LogP contribution in [0.1, 0.15) is 16.1 Å². The van der Waals surface area contributed by atoms with E-state index in [1.807, 2.05) is 6.92 Å². The number of amides is 2. The summed E-state index contributed by atoms with van der Waals surface area (Å²) in [6.45, 7) is 1.53. The third-order valence-corrected chi connectivity index (χ3v) is 4.95. The molecule has 0 unspecified atom stereocenters. The van der Waals surface area contributed by atoms with Gasteiger partial charge >= 0.3 is 0 Å². The fourth-order valence-electron chi connectivity index (χ4n) is 1.57. The van der Waals surface area contributed by atoms with Crippen molar-refractivity contribution in [1.82, 2.24) is 10.3 Å². The molecule has 0 spiro atoms. The van der Waals surface area contributed by atoms with Crippen molar-refractivity contribution < 1.29 is 18.0 Å². The molecule has 4 N–H and O–H groups in total. The average Bonchev–Trinajstić information content (AvgIpc) is 2.93. The zero-order valence-electron chi connectivity index (χ0n) is 12.1. The average molecular weight is 354 g/mol. The number of anilines is 1. The fourth-order valence-corrected chi connectivity index (χ4v) is 3.52. The van der Waals surface area contributed by atoms with Crippen LogP contribution in [0.4, 0.5) is 5.13 Å². The molecule has 2 aromatic rings. The predicted octanol–water partition coefficient (Wildman–Crippen LogP) is 0.467. The number of sulfonamides is 1. The summed E-state index contributed by atoms with van der Waals surface area (Å²) in [5, 5.41) is 3.69. The Morgan fingerprint density at radius 1 is 1.26 bits per heavy atom. The van der Waals surface area contributed by atoms with Crippen LogP contribution < -0.4 is 15.8 Å². The molecule has 0 bridgehead atoms. The van der Waals surface area contributed by atoms with Crippen LogP contribution in [0.15, 0.2) is 34.5 Å². The second-order valence-corrected chi connectivity index (χ2v) is 7.15. The summed E-state index contributed by atoms with van der Waals surface area (Å²) in [6.07, 6.45) is 0. The highest BCUT2D eigenvalue weighted by molar-refractivity contribution is 7.93. The smallest absolute Gasteiger partial charge is 0.271 e. The van der Waals surface area contributed by atoms with Crippen LogP contribution >= 0.6 is 11.3 Å². The Bertz CT molecular complexity index is 828. The van der Waals surface area contributed by atoms with Gasteiger partial charge in [0.25, 0.3) is 15.9 Å². The van der Waals surface area contributed by atoms with Crippen LogP contribution in [0, 0.1) is 6.92 Å². The number of primary amides is 1. The molecule has 122 valence electrons. The van der Waals surface area contributed by atoms with Gasteiger partial charge in [0.2, 0.25) is 5.91 Å². The molecule has 0 radical (unpaired) electrons. The van der Waals surface area contributed by atoms with Crippen LogP contribution in [-0.4, -0.2) is 31.8 Å². The van der Waals surface area contributed by atoms with Crippen LogP contribution in [0.5, 0.6) is 0 Å². The van der Waals surface area contributed by atoms with E-state index in [1.165, 1.54) is 17.5 Å². The van der Waals surface area contributed by atoms with Crippen molar-refractivity contribution in [2.75, 3.05) is 11.3 Å². The third-order valence-electron chi connectivity index (χ3n) is 2.71. The maximum atomic E-state index is 12.2. The van der Waals surface area contributed by atoms with E-state index in [1.54, 1.807) is 12.1 Å². The number of thiazole rings is 1. The molecule has 8 nitrogen and oxygen atoms in total. The molecule has 23 heavy (non-hydrogen) atoms. The fraction of sp³-hybridized carbons (Fsp3) is 0.154. The van der Waals surface area contributed by atoms with E-state index >= 15 is 0 Å². The highest BCUT2D eigenvalue weighted by Gasteiger charge is 2.17. The van der Waals surface area contributed by atoms with Crippen LogP contribution in [0.25, 0.3) is 0 Å². The second-order valence-electron chi connectivity index (χ2n) is 4.61. The standard InChI is InChI=1S/C13H14N4O4S2/c1-8-2-4-9(5-3-8)23(20,21)17-13-16-10(7-22-13)12(19)15-6-11(14)18/h2-5,7H,6H2,1H3,(H2,14,18)(H,15,19)(H,16,17). The van der Waals surface area contributed by atoms with Gasteiger partial charge in [0.15, 0.2) is 5.13 Å². The first-order valence-corrected chi connectivity index (χ1v) is 8.76. The molecule has 1 aromatic heterocycles. The van der Waals surface area contributed by atoms with Crippen molar-refractivity contribution >= 4 is 38.3 Å². The lowest BCUT2D eigenvalue weighted by atomic mass is 10.2. The molecule has 2 rings (SSSR count). The van der Waals surface area contributed by atoms with Gasteiger partial charge in [-0.05, 0) is 19.1 Å². The molecule has 0 aliphatic rings. The number of hydrogen-bond donors (Lipinski definition) is 3. The van der Waals surface area contributed by atoms with E-state index in [0.717, 1.165) is 16.9 Å². The molecule has 0 atom stereocenters. The first-order valence-electron chi connectivity index (χ1n) is 6.39. The van der Waals surface area contributed by atoms with Crippen molar-refractivity contribution in [2.24, 2.45) is 5.73 Å². The SMILES string of the molecule is Cc1ccc(S(=O)(=O)Nc2nc(C(=O)NCC(N)=O)cs2)cc1. The van der Waals surface area contributed by atoms with Crippen molar-refractivity contribution in [3.05, 3.63) is 40.9 Å². The van der Waals surface area contributed by atoms with Gasteiger partial charge in [-0.25, -0.2) is 13.4 Å². The first-order chi connectivity index (χ1) is 10.8. The minimum Gasteiger partial charge on any atom is -0.368 e. The lowest BCUT2D eigenvalue weighted by Gasteiger charge is -2.05. The maximum Gasteiger partial charge on any atom is 0.271 e. The highest BCUT2D eigenvalue weighted by Crippen LogP contribution is 2.20. The number of benzene rings is 1. The summed E-state index contributed by atoms with van der Waals surface area (Å²) in [5.74, 6) is -1.30. The molecule has 1 heterocycles. The third kappa shape index (κ3) is 4.50. The Morgan fingerprint density at radius 2 is 1.91 bits per heavy atom. The van der Waals surface area contributed by atoms with E-state index in [9.17, 15) is 18.0 Å². The largest absolute Gasteiger partial charge is 0.368 e. The number of carbonyl (C=O) groups excluding carboxylic acids is 2. The van der Waals surface area contributed by atoms with Gasteiger partial charge in [-0.1, -0.05) is 17.7 Å². The quantitative estimate of drug-likeness (QED) is 0.694. The minimum absolute atomic E-state index is 0.00199. The van der Waals surface area contributed by atoms with Gasteiger partial charge in [-0.15, -0.1) is 11.3 Å². The van der Waals surface area contributed by atoms with Crippen LogP contribution in [0.2, 0.25) is 0 Å². The molecule has 0 saturated carbocycles. The molecular formula is C13H14N4O4S2. The molecule has 0 saturated heterocycles. The van der Waals surface area contributed by atoms with Crippen molar-refractivity contribution in [2.45, 2.75) is 11.8 Å². The number of carbonyl (C=O) groups is 2. The maximum absolute atomic E-state index is 12.2. The van der Waals surface area contributed by atoms with Gasteiger partial charge in [0.05, 0.1) is 11.4 Å². The summed E-state index contributed by atoms with van der Waals surface area (Å²) in [4.78, 5) is 26.3. The normalized spacial score (nSPS) is 11.0.